The Kier molecular flexibility index (Phi) is 6.42. The van der Waals surface area contributed by atoms with E-state index in [9.17, 15) is 38.4 Å². The molecule has 0 saturated heterocycles. The van der Waals surface area contributed by atoms with E-state index in [0.717, 1.165) is 30.3 Å². The molecule has 0 fully saturated rings. The van der Waals surface area contributed by atoms with Crippen molar-refractivity contribution < 1.29 is 38.4 Å². The second-order valence-electron chi connectivity index (χ2n) is 5.81. The van der Waals surface area contributed by atoms with Gasteiger partial charge in [-0.25, -0.2) is 30.4 Å². The van der Waals surface area contributed by atoms with Crippen molar-refractivity contribution in [2.45, 2.75) is 27.1 Å². The van der Waals surface area contributed by atoms with Crippen LogP contribution in [-0.2, 0) is 29.9 Å². The van der Waals surface area contributed by atoms with Gasteiger partial charge in [0.1, 0.15) is 0 Å². The second kappa shape index (κ2) is 8.05. The third-order valence-corrected chi connectivity index (χ3v) is 7.42. The minimum atomic E-state index is -5.74. The molecule has 0 saturated carbocycles. The molecular formula is C15H16F3N3O6S3. The van der Waals surface area contributed by atoms with Crippen molar-refractivity contribution in [3.05, 3.63) is 42.5 Å². The molecule has 0 unspecified atom stereocenters. The number of halogens is 3. The molecule has 15 heteroatoms. The van der Waals surface area contributed by atoms with Gasteiger partial charge in [0.15, 0.2) is 0 Å². The summed E-state index contributed by atoms with van der Waals surface area (Å²) in [6.45, 7) is 1.86. The Labute approximate surface area is 171 Å². The van der Waals surface area contributed by atoms with Crippen LogP contribution in [0, 0.1) is 0 Å². The lowest BCUT2D eigenvalue weighted by Crippen LogP contribution is -2.23. The fourth-order valence-electron chi connectivity index (χ4n) is 2.28. The van der Waals surface area contributed by atoms with E-state index in [2.05, 4.69) is 5.32 Å². The summed E-state index contributed by atoms with van der Waals surface area (Å²) < 4.78 is 112. The Morgan fingerprint density at radius 2 is 1.47 bits per heavy atom. The summed E-state index contributed by atoms with van der Waals surface area (Å²) >= 11 is 0. The Morgan fingerprint density at radius 3 is 2.00 bits per heavy atom. The molecule has 0 radical (unpaired) electrons. The van der Waals surface area contributed by atoms with Crippen molar-refractivity contribution >= 4 is 41.3 Å². The lowest BCUT2D eigenvalue weighted by Gasteiger charge is -2.16. The zero-order valence-corrected chi connectivity index (χ0v) is 17.6. The van der Waals surface area contributed by atoms with Crippen LogP contribution < -0.4 is 15.2 Å². The Bertz CT molecular complexity index is 1270. The molecule has 0 bridgehead atoms. The number of nitrogens with one attached hydrogen (secondary N) is 2. The van der Waals surface area contributed by atoms with Crippen LogP contribution >= 0.6 is 0 Å². The van der Waals surface area contributed by atoms with Gasteiger partial charge in [0.25, 0.3) is 19.9 Å². The smallest absolute Gasteiger partial charge is 0.384 e. The highest BCUT2D eigenvalue weighted by molar-refractivity contribution is 7.93. The van der Waals surface area contributed by atoms with Crippen LogP contribution in [0.1, 0.15) is 6.92 Å². The first-order valence-electron chi connectivity index (χ1n) is 7.94. The number of sulfonamides is 2. The Morgan fingerprint density at radius 1 is 0.867 bits per heavy atom. The third-order valence-electron chi connectivity index (χ3n) is 3.66. The number of anilines is 2. The summed E-state index contributed by atoms with van der Waals surface area (Å²) in [6.07, 6.45) is 0. The number of primary sulfonamides is 1. The lowest BCUT2D eigenvalue weighted by atomic mass is 10.2. The molecule has 2 rings (SSSR count). The van der Waals surface area contributed by atoms with E-state index in [4.69, 9.17) is 5.14 Å². The number of nitrogens with two attached hydrogens (primary N) is 1. The molecule has 4 N–H and O–H groups in total. The van der Waals surface area contributed by atoms with Gasteiger partial charge in [-0.2, -0.15) is 13.2 Å². The van der Waals surface area contributed by atoms with Crippen LogP contribution in [0.5, 0.6) is 0 Å². The number of sulfone groups is 1. The molecule has 0 aromatic heterocycles. The van der Waals surface area contributed by atoms with E-state index < -0.39 is 55.8 Å². The number of hydrogen-bond donors (Lipinski definition) is 3. The SMILES string of the molecule is CCNc1ccc(S(=O)(=O)C(F)(F)F)cc1NS(=O)(=O)c1cccc(S(N)(=O)=O)c1. The van der Waals surface area contributed by atoms with E-state index >= 15 is 0 Å². The topological polar surface area (TPSA) is 152 Å². The Hall–Kier alpha value is -2.36. The van der Waals surface area contributed by atoms with Gasteiger partial charge in [0.2, 0.25) is 10.0 Å². The van der Waals surface area contributed by atoms with Crippen molar-refractivity contribution in [2.24, 2.45) is 5.14 Å². The van der Waals surface area contributed by atoms with Crippen molar-refractivity contribution in [2.75, 3.05) is 16.6 Å². The normalized spacial score (nSPS) is 13.1. The highest BCUT2D eigenvalue weighted by Crippen LogP contribution is 2.34. The predicted octanol–water partition coefficient (Wildman–Crippen LogP) is 1.86. The van der Waals surface area contributed by atoms with Gasteiger partial charge in [-0.05, 0) is 43.3 Å². The fraction of sp³-hybridized carbons (Fsp3) is 0.200. The quantitative estimate of drug-likeness (QED) is 0.539. The van der Waals surface area contributed by atoms with E-state index in [1.165, 1.54) is 0 Å². The first-order valence-corrected chi connectivity index (χ1v) is 12.5. The molecular weight excluding hydrogens is 471 g/mol. The Balaban J connectivity index is 2.59. The van der Waals surface area contributed by atoms with Crippen LogP contribution in [0.2, 0.25) is 0 Å². The lowest BCUT2D eigenvalue weighted by molar-refractivity contribution is -0.0436. The summed E-state index contributed by atoms with van der Waals surface area (Å²) in [5.74, 6) is 0. The maximum atomic E-state index is 12.8. The summed E-state index contributed by atoms with van der Waals surface area (Å²) in [6, 6.07) is 6.10. The molecule has 166 valence electrons. The van der Waals surface area contributed by atoms with Gasteiger partial charge in [0.05, 0.1) is 26.1 Å². The van der Waals surface area contributed by atoms with Crippen LogP contribution in [0.25, 0.3) is 0 Å². The maximum absolute atomic E-state index is 12.8. The summed E-state index contributed by atoms with van der Waals surface area (Å²) in [5, 5.41) is 7.65. The molecule has 0 aliphatic carbocycles. The number of hydrogen-bond acceptors (Lipinski definition) is 7. The van der Waals surface area contributed by atoms with Crippen LogP contribution in [-0.4, -0.2) is 37.3 Å². The maximum Gasteiger partial charge on any atom is 0.501 e. The van der Waals surface area contributed by atoms with Crippen LogP contribution in [0.3, 0.4) is 0 Å². The minimum Gasteiger partial charge on any atom is -0.384 e. The van der Waals surface area contributed by atoms with E-state index in [0.29, 0.717) is 12.1 Å². The molecule has 0 aliphatic heterocycles. The first-order chi connectivity index (χ1) is 13.6. The molecule has 30 heavy (non-hydrogen) atoms. The largest absolute Gasteiger partial charge is 0.501 e. The van der Waals surface area contributed by atoms with Gasteiger partial charge in [-0.3, -0.25) is 4.72 Å². The molecule has 0 atom stereocenters. The standard InChI is InChI=1S/C15H16F3N3O6S3/c1-2-20-13-7-6-10(28(22,23)15(16,17)18)9-14(13)21-30(26,27)12-5-3-4-11(8-12)29(19,24)25/h3-9,20-21H,2H2,1H3,(H2,19,24,25). The number of rotatable bonds is 7. The van der Waals surface area contributed by atoms with Gasteiger partial charge >= 0.3 is 5.51 Å². The van der Waals surface area contributed by atoms with E-state index in [1.54, 1.807) is 6.92 Å². The fourth-order valence-corrected chi connectivity index (χ4v) is 4.81. The second-order valence-corrected chi connectivity index (χ2v) is 11.0. The highest BCUT2D eigenvalue weighted by atomic mass is 32.2. The molecule has 0 heterocycles. The van der Waals surface area contributed by atoms with E-state index in [1.807, 2.05) is 4.72 Å². The molecule has 9 nitrogen and oxygen atoms in total. The van der Waals surface area contributed by atoms with Crippen molar-refractivity contribution in [1.82, 2.24) is 0 Å². The summed E-state index contributed by atoms with van der Waals surface area (Å²) in [5.41, 5.74) is -6.07. The average Bonchev–Trinajstić information content (AvgIpc) is 2.61. The van der Waals surface area contributed by atoms with E-state index in [-0.39, 0.29) is 12.2 Å². The molecule has 0 spiro atoms. The van der Waals surface area contributed by atoms with Crippen molar-refractivity contribution in [3.8, 4) is 0 Å². The molecule has 0 amide bonds. The summed E-state index contributed by atoms with van der Waals surface area (Å²) in [4.78, 5) is -2.24. The van der Waals surface area contributed by atoms with Gasteiger partial charge in [-0.1, -0.05) is 6.07 Å². The number of benzene rings is 2. The third kappa shape index (κ3) is 5.03. The molecule has 2 aromatic carbocycles. The monoisotopic (exact) mass is 487 g/mol. The minimum absolute atomic E-state index is 0.00444. The van der Waals surface area contributed by atoms with Crippen molar-refractivity contribution in [1.29, 1.82) is 0 Å². The van der Waals surface area contributed by atoms with Crippen LogP contribution in [0.4, 0.5) is 24.5 Å². The van der Waals surface area contributed by atoms with Crippen LogP contribution in [0.15, 0.2) is 57.2 Å². The van der Waals surface area contributed by atoms with Gasteiger partial charge in [-0.15, -0.1) is 0 Å². The zero-order valence-electron chi connectivity index (χ0n) is 15.1. The van der Waals surface area contributed by atoms with Gasteiger partial charge in [0, 0.05) is 6.54 Å². The predicted molar refractivity (Wildman–Crippen MR) is 102 cm³/mol. The first kappa shape index (κ1) is 23.9. The average molecular weight is 488 g/mol. The summed E-state index contributed by atoms with van der Waals surface area (Å²) in [7, 11) is -14.5. The zero-order chi connectivity index (χ0) is 23.0. The van der Waals surface area contributed by atoms with Gasteiger partial charge < -0.3 is 5.32 Å². The highest BCUT2D eigenvalue weighted by Gasteiger charge is 2.47. The van der Waals surface area contributed by atoms with Crippen molar-refractivity contribution in [3.63, 3.8) is 0 Å². The molecule has 2 aromatic rings. The molecule has 0 aliphatic rings. The number of alkyl halides is 3.